The Balaban J connectivity index is 1.39. The third kappa shape index (κ3) is 2.59. The number of hydrogen-bond donors (Lipinski definition) is 1. The Bertz CT molecular complexity index is 960. The number of likely N-dealkylation sites (tertiary alicyclic amines) is 1. The van der Waals surface area contributed by atoms with Gasteiger partial charge in [-0.2, -0.15) is 0 Å². The van der Waals surface area contributed by atoms with E-state index in [-0.39, 0.29) is 17.9 Å². The van der Waals surface area contributed by atoms with Gasteiger partial charge >= 0.3 is 0 Å². The lowest BCUT2D eigenvalue weighted by molar-refractivity contribution is -0.136. The van der Waals surface area contributed by atoms with E-state index in [1.807, 2.05) is 44.2 Å². The van der Waals surface area contributed by atoms with Crippen LogP contribution in [0.3, 0.4) is 0 Å². The van der Waals surface area contributed by atoms with E-state index in [2.05, 4.69) is 11.4 Å². The molecule has 2 fully saturated rings. The average molecular weight is 378 g/mol. The summed E-state index contributed by atoms with van der Waals surface area (Å²) in [5.74, 6) is -0.522. The molecular formula is C22H22N2O4. The molecule has 4 heterocycles. The van der Waals surface area contributed by atoms with Crippen molar-refractivity contribution in [1.82, 2.24) is 4.90 Å². The lowest BCUT2D eigenvalue weighted by Crippen LogP contribution is -2.41. The number of fused-ring (bicyclic) bond motifs is 1. The highest BCUT2D eigenvalue weighted by atomic mass is 16.5. The van der Waals surface area contributed by atoms with Crippen molar-refractivity contribution in [2.75, 3.05) is 11.9 Å². The zero-order valence-electron chi connectivity index (χ0n) is 15.8. The zero-order chi connectivity index (χ0) is 19.5. The smallest absolute Gasteiger partial charge is 0.231 e. The fourth-order valence-electron chi connectivity index (χ4n) is 4.87. The Kier molecular flexibility index (Phi) is 3.74. The Morgan fingerprint density at radius 2 is 2.07 bits per heavy atom. The van der Waals surface area contributed by atoms with Crippen LogP contribution < -0.4 is 5.32 Å². The maximum atomic E-state index is 13.2. The van der Waals surface area contributed by atoms with Gasteiger partial charge in [0.05, 0.1) is 37.3 Å². The van der Waals surface area contributed by atoms with Crippen LogP contribution in [0, 0.1) is 25.7 Å². The van der Waals surface area contributed by atoms with Gasteiger partial charge < -0.3 is 19.4 Å². The molecule has 2 aromatic rings. The first-order chi connectivity index (χ1) is 13.4. The Hall–Kier alpha value is -2.86. The second kappa shape index (κ2) is 6.07. The third-order valence-electron chi connectivity index (χ3n) is 5.90. The minimum absolute atomic E-state index is 0.0520. The SMILES string of the molecule is Cc1cc(C)cc(NC(=O)[C@@H]2[C@H]3C(=O)N(Cc4ccco4)C[C@]34C=C[C@H]2O4)c1. The van der Waals surface area contributed by atoms with Gasteiger partial charge in [-0.05, 0) is 49.2 Å². The van der Waals surface area contributed by atoms with E-state index in [1.54, 1.807) is 17.2 Å². The van der Waals surface area contributed by atoms with Gasteiger partial charge in [0.1, 0.15) is 11.4 Å². The minimum atomic E-state index is -0.709. The molecule has 3 aliphatic rings. The molecule has 0 radical (unpaired) electrons. The number of anilines is 1. The van der Waals surface area contributed by atoms with Crippen molar-refractivity contribution in [1.29, 1.82) is 0 Å². The Morgan fingerprint density at radius 1 is 1.29 bits per heavy atom. The monoisotopic (exact) mass is 378 g/mol. The van der Waals surface area contributed by atoms with Crippen LogP contribution in [0.25, 0.3) is 0 Å². The lowest BCUT2D eigenvalue weighted by atomic mass is 9.76. The summed E-state index contributed by atoms with van der Waals surface area (Å²) < 4.78 is 11.5. The normalized spacial score (nSPS) is 30.1. The van der Waals surface area contributed by atoms with Crippen molar-refractivity contribution >= 4 is 17.5 Å². The van der Waals surface area contributed by atoms with Gasteiger partial charge in [-0.15, -0.1) is 0 Å². The number of nitrogens with one attached hydrogen (secondary N) is 1. The number of aryl methyl sites for hydroxylation is 2. The summed E-state index contributed by atoms with van der Waals surface area (Å²) in [4.78, 5) is 28.0. The third-order valence-corrected chi connectivity index (χ3v) is 5.90. The van der Waals surface area contributed by atoms with E-state index in [4.69, 9.17) is 9.15 Å². The summed E-state index contributed by atoms with van der Waals surface area (Å²) in [7, 11) is 0. The Labute approximate surface area is 163 Å². The van der Waals surface area contributed by atoms with E-state index >= 15 is 0 Å². The average Bonchev–Trinajstić information content (AvgIpc) is 3.37. The van der Waals surface area contributed by atoms with Crippen molar-refractivity contribution < 1.29 is 18.7 Å². The van der Waals surface area contributed by atoms with Crippen LogP contribution >= 0.6 is 0 Å². The van der Waals surface area contributed by atoms with Gasteiger partial charge in [-0.3, -0.25) is 9.59 Å². The molecule has 5 rings (SSSR count). The summed E-state index contributed by atoms with van der Waals surface area (Å²) in [6.45, 7) is 4.82. The van der Waals surface area contributed by atoms with Crippen molar-refractivity contribution in [2.24, 2.45) is 11.8 Å². The minimum Gasteiger partial charge on any atom is -0.467 e. The second-order valence-electron chi connectivity index (χ2n) is 8.04. The summed E-state index contributed by atoms with van der Waals surface area (Å²) in [6, 6.07) is 9.57. The molecule has 28 heavy (non-hydrogen) atoms. The molecule has 1 aromatic carbocycles. The molecule has 1 spiro atoms. The van der Waals surface area contributed by atoms with E-state index in [9.17, 15) is 9.59 Å². The van der Waals surface area contributed by atoms with Crippen LogP contribution in [0.5, 0.6) is 0 Å². The first kappa shape index (κ1) is 17.3. The number of carbonyl (C=O) groups excluding carboxylic acids is 2. The summed E-state index contributed by atoms with van der Waals surface area (Å²) in [5.41, 5.74) is 2.20. The molecule has 0 unspecified atom stereocenters. The number of amides is 2. The molecule has 2 amide bonds. The van der Waals surface area contributed by atoms with Gasteiger partial charge in [0.2, 0.25) is 11.8 Å². The number of rotatable bonds is 4. The molecule has 6 nitrogen and oxygen atoms in total. The van der Waals surface area contributed by atoms with Crippen molar-refractivity contribution in [2.45, 2.75) is 32.1 Å². The fraction of sp³-hybridized carbons (Fsp3) is 0.364. The van der Waals surface area contributed by atoms with Gasteiger partial charge in [-0.1, -0.05) is 18.2 Å². The van der Waals surface area contributed by atoms with Crippen molar-refractivity contribution in [3.63, 3.8) is 0 Å². The molecule has 1 aromatic heterocycles. The number of ether oxygens (including phenoxy) is 1. The molecule has 4 atom stereocenters. The highest BCUT2D eigenvalue weighted by Gasteiger charge is 2.66. The van der Waals surface area contributed by atoms with E-state index in [0.29, 0.717) is 13.1 Å². The Morgan fingerprint density at radius 3 is 2.79 bits per heavy atom. The highest BCUT2D eigenvalue weighted by Crippen LogP contribution is 2.52. The van der Waals surface area contributed by atoms with Crippen LogP contribution in [-0.4, -0.2) is 35.0 Å². The quantitative estimate of drug-likeness (QED) is 0.831. The van der Waals surface area contributed by atoms with Crippen LogP contribution in [-0.2, 0) is 20.9 Å². The topological polar surface area (TPSA) is 71.8 Å². The zero-order valence-corrected chi connectivity index (χ0v) is 15.8. The first-order valence-electron chi connectivity index (χ1n) is 9.53. The number of carbonyl (C=O) groups is 2. The van der Waals surface area contributed by atoms with Gasteiger partial charge in [0.15, 0.2) is 0 Å². The molecule has 1 N–H and O–H groups in total. The summed E-state index contributed by atoms with van der Waals surface area (Å²) >= 11 is 0. The maximum absolute atomic E-state index is 13.2. The second-order valence-corrected chi connectivity index (χ2v) is 8.04. The fourth-order valence-corrected chi connectivity index (χ4v) is 4.87. The predicted octanol–water partition coefficient (Wildman–Crippen LogP) is 2.82. The van der Waals surface area contributed by atoms with Gasteiger partial charge in [-0.25, -0.2) is 0 Å². The molecule has 3 aliphatic heterocycles. The van der Waals surface area contributed by atoms with Crippen molar-refractivity contribution in [3.8, 4) is 0 Å². The van der Waals surface area contributed by atoms with Crippen LogP contribution in [0.2, 0.25) is 0 Å². The molecule has 0 aliphatic carbocycles. The van der Waals surface area contributed by atoms with Gasteiger partial charge in [0, 0.05) is 5.69 Å². The highest BCUT2D eigenvalue weighted by molar-refractivity contribution is 5.99. The number of benzene rings is 1. The van der Waals surface area contributed by atoms with Crippen LogP contribution in [0.15, 0.2) is 53.2 Å². The number of furan rings is 1. The maximum Gasteiger partial charge on any atom is 0.231 e. The number of nitrogens with zero attached hydrogens (tertiary/aromatic N) is 1. The van der Waals surface area contributed by atoms with Crippen LogP contribution in [0.1, 0.15) is 16.9 Å². The summed E-state index contributed by atoms with van der Waals surface area (Å²) in [5, 5.41) is 3.00. The molecule has 0 saturated carbocycles. The van der Waals surface area contributed by atoms with E-state index in [1.165, 1.54) is 0 Å². The summed E-state index contributed by atoms with van der Waals surface area (Å²) in [6.07, 6.45) is 5.12. The molecule has 144 valence electrons. The van der Waals surface area contributed by atoms with E-state index in [0.717, 1.165) is 22.6 Å². The van der Waals surface area contributed by atoms with Gasteiger partial charge in [0.25, 0.3) is 0 Å². The largest absolute Gasteiger partial charge is 0.467 e. The van der Waals surface area contributed by atoms with Crippen molar-refractivity contribution in [3.05, 3.63) is 65.6 Å². The molecule has 6 heteroatoms. The number of hydrogen-bond acceptors (Lipinski definition) is 4. The lowest BCUT2D eigenvalue weighted by Gasteiger charge is -2.23. The molecule has 2 bridgehead atoms. The standard InChI is InChI=1S/C22H22N2O4/c1-13-8-14(2)10-15(9-13)23-20(25)18-17-5-6-22(28-17)12-24(21(26)19(18)22)11-16-4-3-7-27-16/h3-10,17-19H,11-12H2,1-2H3,(H,23,25)/t17-,18+,19+,22-/m1/s1. The van der Waals surface area contributed by atoms with Crippen LogP contribution in [0.4, 0.5) is 5.69 Å². The predicted molar refractivity (Wildman–Crippen MR) is 102 cm³/mol. The van der Waals surface area contributed by atoms with E-state index < -0.39 is 17.4 Å². The molecule has 2 saturated heterocycles. The molecular weight excluding hydrogens is 356 g/mol. The first-order valence-corrected chi connectivity index (χ1v) is 9.53.